The molecule has 2 aromatic carbocycles. The molecular weight excluding hydrogens is 537 g/mol. The molecule has 3 aliphatic rings. The van der Waals surface area contributed by atoms with E-state index in [4.69, 9.17) is 9.47 Å². The van der Waals surface area contributed by atoms with Crippen molar-refractivity contribution in [1.29, 1.82) is 0 Å². The first-order chi connectivity index (χ1) is 19.6. The summed E-state index contributed by atoms with van der Waals surface area (Å²) in [4.78, 5) is 39.4. The number of halogens is 1. The molecule has 3 heterocycles. The van der Waals surface area contributed by atoms with Gasteiger partial charge in [-0.1, -0.05) is 45.9 Å². The van der Waals surface area contributed by atoms with E-state index < -0.39 is 47.2 Å². The minimum absolute atomic E-state index is 0.147. The van der Waals surface area contributed by atoms with E-state index in [0.29, 0.717) is 19.8 Å². The lowest BCUT2D eigenvalue weighted by molar-refractivity contribution is -0.303. The minimum atomic E-state index is -3.14. The third-order valence-corrected chi connectivity index (χ3v) is 6.80. The Morgan fingerprint density at radius 1 is 1.02 bits per heavy atom. The van der Waals surface area contributed by atoms with Crippen molar-refractivity contribution >= 4 is 17.7 Å². The fraction of sp³-hybridized carbons (Fsp3) is 0.483. The first-order valence-corrected chi connectivity index (χ1v) is 13.8. The van der Waals surface area contributed by atoms with Crippen molar-refractivity contribution in [3.8, 4) is 5.75 Å². The summed E-state index contributed by atoms with van der Waals surface area (Å²) in [5.74, 6) is -6.76. The molecule has 0 aromatic heterocycles. The fourth-order valence-electron chi connectivity index (χ4n) is 4.86. The monoisotopic (exact) mass is 575 g/mol. The fourth-order valence-corrected chi connectivity index (χ4v) is 4.86. The number of carbonyl (C=O) groups excluding carboxylic acids is 3. The van der Waals surface area contributed by atoms with Crippen molar-refractivity contribution in [3.63, 3.8) is 0 Å². The van der Waals surface area contributed by atoms with Crippen molar-refractivity contribution < 1.29 is 43.6 Å². The van der Waals surface area contributed by atoms with Crippen LogP contribution in [0.2, 0.25) is 0 Å². The number of fused-ring (bicyclic) bond motifs is 1. The molecule has 5 rings (SSSR count). The summed E-state index contributed by atoms with van der Waals surface area (Å²) in [7, 11) is 0. The standard InChI is InChI=1S/C25H26FN3O8.2C2H6/c26-18-12-15(13-28-8-10-36-11-9-28)4-5-16(18)14-37-19-3-1-2-17-21(19)25(34,35)29(22(17)31)24(33)7-6-20(30)27-23(24)32;2*1-2/h1-5,12,33-35H,6-11,13-14H2,(H,27,30,32);2*1-2H3. The second-order valence-corrected chi connectivity index (χ2v) is 9.25. The number of hydrogen-bond acceptors (Lipinski definition) is 9. The lowest BCUT2D eigenvalue weighted by Gasteiger charge is -2.42. The van der Waals surface area contributed by atoms with Crippen molar-refractivity contribution in [1.82, 2.24) is 15.1 Å². The number of carbonyl (C=O) groups is 3. The summed E-state index contributed by atoms with van der Waals surface area (Å²) in [6, 6.07) is 8.82. The van der Waals surface area contributed by atoms with E-state index in [-0.39, 0.29) is 34.8 Å². The van der Waals surface area contributed by atoms with Gasteiger partial charge in [0.2, 0.25) is 11.6 Å². The molecule has 224 valence electrons. The van der Waals surface area contributed by atoms with Crippen LogP contribution in [0.15, 0.2) is 36.4 Å². The second kappa shape index (κ2) is 13.5. The molecule has 0 bridgehead atoms. The molecule has 3 amide bonds. The van der Waals surface area contributed by atoms with Crippen LogP contribution in [0.5, 0.6) is 5.75 Å². The number of aliphatic hydroxyl groups is 3. The van der Waals surface area contributed by atoms with Gasteiger partial charge in [0.15, 0.2) is 0 Å². The van der Waals surface area contributed by atoms with Crippen LogP contribution in [0.1, 0.15) is 67.6 Å². The van der Waals surface area contributed by atoms with Gasteiger partial charge in [0.1, 0.15) is 18.2 Å². The van der Waals surface area contributed by atoms with Crippen LogP contribution in [0.3, 0.4) is 0 Å². The molecule has 11 nitrogen and oxygen atoms in total. The molecule has 0 aliphatic carbocycles. The van der Waals surface area contributed by atoms with Crippen molar-refractivity contribution in [2.75, 3.05) is 26.3 Å². The number of benzene rings is 2. The van der Waals surface area contributed by atoms with Crippen molar-refractivity contribution in [2.45, 2.75) is 65.3 Å². The number of rotatable bonds is 6. The molecule has 2 saturated heterocycles. The van der Waals surface area contributed by atoms with Crippen molar-refractivity contribution in [2.24, 2.45) is 0 Å². The van der Waals surface area contributed by atoms with Gasteiger partial charge in [-0.2, -0.15) is 0 Å². The Morgan fingerprint density at radius 2 is 1.71 bits per heavy atom. The molecule has 0 saturated carbocycles. The first-order valence-electron chi connectivity index (χ1n) is 13.8. The highest BCUT2D eigenvalue weighted by Gasteiger charge is 2.62. The summed E-state index contributed by atoms with van der Waals surface area (Å²) in [5.41, 5.74) is -2.32. The number of amides is 3. The largest absolute Gasteiger partial charge is 0.488 e. The van der Waals surface area contributed by atoms with E-state index in [1.807, 2.05) is 33.0 Å². The molecule has 1 unspecified atom stereocenters. The highest BCUT2D eigenvalue weighted by atomic mass is 19.1. The predicted octanol–water partition coefficient (Wildman–Crippen LogP) is 1.97. The highest BCUT2D eigenvalue weighted by molar-refractivity contribution is 6.07. The molecule has 0 spiro atoms. The Kier molecular flexibility index (Phi) is 10.6. The van der Waals surface area contributed by atoms with Gasteiger partial charge in [-0.15, -0.1) is 0 Å². The average molecular weight is 576 g/mol. The van der Waals surface area contributed by atoms with Gasteiger partial charge < -0.3 is 24.8 Å². The van der Waals surface area contributed by atoms with E-state index in [9.17, 15) is 34.1 Å². The van der Waals surface area contributed by atoms with Crippen LogP contribution < -0.4 is 10.1 Å². The quantitative estimate of drug-likeness (QED) is 0.300. The minimum Gasteiger partial charge on any atom is -0.488 e. The maximum Gasteiger partial charge on any atom is 0.284 e. The number of hydrogen-bond donors (Lipinski definition) is 4. The lowest BCUT2D eigenvalue weighted by Crippen LogP contribution is -2.67. The highest BCUT2D eigenvalue weighted by Crippen LogP contribution is 2.45. The third-order valence-electron chi connectivity index (χ3n) is 6.80. The predicted molar refractivity (Wildman–Crippen MR) is 146 cm³/mol. The maximum absolute atomic E-state index is 14.8. The molecule has 4 N–H and O–H groups in total. The van der Waals surface area contributed by atoms with Crippen LogP contribution in [0, 0.1) is 5.82 Å². The Bertz CT molecular complexity index is 1260. The van der Waals surface area contributed by atoms with Gasteiger partial charge in [-0.25, -0.2) is 9.29 Å². The number of ether oxygens (including phenoxy) is 2. The average Bonchev–Trinajstić information content (AvgIpc) is 3.19. The molecule has 12 heteroatoms. The zero-order valence-electron chi connectivity index (χ0n) is 23.8. The van der Waals surface area contributed by atoms with Crippen LogP contribution in [-0.4, -0.2) is 74.9 Å². The molecule has 2 fully saturated rings. The number of piperidine rings is 1. The van der Waals surface area contributed by atoms with Gasteiger partial charge in [0, 0.05) is 38.0 Å². The zero-order valence-corrected chi connectivity index (χ0v) is 23.8. The Labute approximate surface area is 238 Å². The van der Waals surface area contributed by atoms with E-state index >= 15 is 0 Å². The van der Waals surface area contributed by atoms with Crippen LogP contribution in [0.25, 0.3) is 0 Å². The lowest BCUT2D eigenvalue weighted by atomic mass is 9.99. The van der Waals surface area contributed by atoms with Crippen molar-refractivity contribution in [3.05, 3.63) is 64.5 Å². The third kappa shape index (κ3) is 6.41. The first kappa shape index (κ1) is 32.1. The second-order valence-electron chi connectivity index (χ2n) is 9.25. The molecule has 41 heavy (non-hydrogen) atoms. The number of nitrogens with one attached hydrogen (secondary N) is 1. The van der Waals surface area contributed by atoms with Crippen LogP contribution in [-0.2, 0) is 33.4 Å². The van der Waals surface area contributed by atoms with Crippen LogP contribution >= 0.6 is 0 Å². The zero-order chi connectivity index (χ0) is 30.4. The number of nitrogens with zero attached hydrogens (tertiary/aromatic N) is 2. The van der Waals surface area contributed by atoms with Gasteiger partial charge in [-0.05, 0) is 23.8 Å². The normalized spacial score (nSPS) is 21.7. The van der Waals surface area contributed by atoms with Gasteiger partial charge >= 0.3 is 0 Å². The Balaban J connectivity index is 0.00000111. The van der Waals surface area contributed by atoms with E-state index in [2.05, 4.69) is 4.90 Å². The van der Waals surface area contributed by atoms with E-state index in [1.54, 1.807) is 12.1 Å². The summed E-state index contributed by atoms with van der Waals surface area (Å²) in [5, 5.41) is 34.8. The SMILES string of the molecule is CC.CC.O=C1CCC(O)(N2C(=O)c3cccc(OCc4ccc(CN5CCOCC5)cc4F)c3C2(O)O)C(=O)N1. The molecule has 3 aliphatic heterocycles. The summed E-state index contributed by atoms with van der Waals surface area (Å²) in [6.07, 6.45) is -0.846. The van der Waals surface area contributed by atoms with Crippen LogP contribution in [0.4, 0.5) is 4.39 Å². The van der Waals surface area contributed by atoms with Gasteiger partial charge in [0.05, 0.1) is 24.3 Å². The topological polar surface area (TPSA) is 149 Å². The summed E-state index contributed by atoms with van der Waals surface area (Å²) < 4.78 is 25.9. The maximum atomic E-state index is 14.8. The van der Waals surface area contributed by atoms with Gasteiger partial charge in [0.25, 0.3) is 17.7 Å². The molecule has 1 atom stereocenters. The Hall–Kier alpha value is -3.42. The summed E-state index contributed by atoms with van der Waals surface area (Å²) >= 11 is 0. The number of morpholine rings is 1. The smallest absolute Gasteiger partial charge is 0.284 e. The van der Waals surface area contributed by atoms with E-state index in [1.165, 1.54) is 24.3 Å². The number of imide groups is 1. The van der Waals surface area contributed by atoms with Gasteiger partial charge in [-0.3, -0.25) is 24.6 Å². The van der Waals surface area contributed by atoms with E-state index in [0.717, 1.165) is 18.7 Å². The summed E-state index contributed by atoms with van der Waals surface area (Å²) in [6.45, 7) is 11.1. The molecular formula is C29H38FN3O8. The Morgan fingerprint density at radius 3 is 2.34 bits per heavy atom. The molecule has 2 aromatic rings. The molecule has 0 radical (unpaired) electrons.